The molecular weight excluding hydrogens is 348 g/mol. The van der Waals surface area contributed by atoms with Gasteiger partial charge in [0.25, 0.3) is 0 Å². The van der Waals surface area contributed by atoms with E-state index in [1.165, 1.54) is 11.3 Å². The van der Waals surface area contributed by atoms with Gasteiger partial charge in [0.1, 0.15) is 5.01 Å². The standard InChI is InChI=1S/C16H17ClN4O2S/c1-9(2)15-19-20-16(24-15)18-14(23)10-6-13(22)21(8-10)12-5-3-4-11(17)7-12/h3-5,7,9-10H,6,8H2,1-2H3,(H,18,20,23). The number of anilines is 2. The molecule has 0 bridgehead atoms. The fourth-order valence-electron chi connectivity index (χ4n) is 2.50. The van der Waals surface area contributed by atoms with E-state index in [1.807, 2.05) is 19.9 Å². The lowest BCUT2D eigenvalue weighted by molar-refractivity contribution is -0.122. The lowest BCUT2D eigenvalue weighted by Gasteiger charge is -2.16. The van der Waals surface area contributed by atoms with Gasteiger partial charge in [-0.3, -0.25) is 9.59 Å². The Labute approximate surface area is 148 Å². The first-order valence-corrected chi connectivity index (χ1v) is 8.83. The van der Waals surface area contributed by atoms with Crippen LogP contribution < -0.4 is 10.2 Å². The van der Waals surface area contributed by atoms with Crippen LogP contribution in [-0.4, -0.2) is 28.6 Å². The fraction of sp³-hybridized carbons (Fsp3) is 0.375. The monoisotopic (exact) mass is 364 g/mol. The summed E-state index contributed by atoms with van der Waals surface area (Å²) in [6.45, 7) is 4.37. The number of halogens is 1. The van der Waals surface area contributed by atoms with Gasteiger partial charge in [0.05, 0.1) is 5.92 Å². The molecule has 24 heavy (non-hydrogen) atoms. The van der Waals surface area contributed by atoms with E-state index in [0.717, 1.165) is 5.01 Å². The molecule has 6 nitrogen and oxygen atoms in total. The van der Waals surface area contributed by atoms with E-state index in [-0.39, 0.29) is 24.2 Å². The Morgan fingerprint density at radius 2 is 2.21 bits per heavy atom. The molecule has 3 rings (SSSR count). The maximum Gasteiger partial charge on any atom is 0.231 e. The van der Waals surface area contributed by atoms with Crippen LogP contribution >= 0.6 is 22.9 Å². The van der Waals surface area contributed by atoms with Gasteiger partial charge in [-0.15, -0.1) is 10.2 Å². The molecule has 1 fully saturated rings. The number of nitrogens with one attached hydrogen (secondary N) is 1. The predicted octanol–water partition coefficient (Wildman–Crippen LogP) is 3.31. The Hall–Kier alpha value is -1.99. The highest BCUT2D eigenvalue weighted by Crippen LogP contribution is 2.28. The molecule has 2 aromatic rings. The van der Waals surface area contributed by atoms with Gasteiger partial charge in [0.15, 0.2) is 0 Å². The molecule has 1 aliphatic rings. The van der Waals surface area contributed by atoms with Crippen molar-refractivity contribution in [3.05, 3.63) is 34.3 Å². The van der Waals surface area contributed by atoms with Gasteiger partial charge in [0, 0.05) is 29.6 Å². The number of rotatable bonds is 4. The summed E-state index contributed by atoms with van der Waals surface area (Å²) in [5.41, 5.74) is 0.709. The normalized spacial score (nSPS) is 17.6. The van der Waals surface area contributed by atoms with Crippen LogP contribution in [0.25, 0.3) is 0 Å². The van der Waals surface area contributed by atoms with Crippen LogP contribution in [0, 0.1) is 5.92 Å². The lowest BCUT2D eigenvalue weighted by Crippen LogP contribution is -2.28. The molecule has 2 heterocycles. The number of amides is 2. The highest BCUT2D eigenvalue weighted by Gasteiger charge is 2.35. The minimum absolute atomic E-state index is 0.0856. The Bertz CT molecular complexity index is 777. The molecule has 0 saturated carbocycles. The highest BCUT2D eigenvalue weighted by atomic mass is 35.5. The van der Waals surface area contributed by atoms with Gasteiger partial charge >= 0.3 is 0 Å². The number of benzene rings is 1. The summed E-state index contributed by atoms with van der Waals surface area (Å²) in [7, 11) is 0. The van der Waals surface area contributed by atoms with Crippen molar-refractivity contribution in [2.45, 2.75) is 26.2 Å². The minimum atomic E-state index is -0.414. The van der Waals surface area contributed by atoms with E-state index in [9.17, 15) is 9.59 Å². The third-order valence-electron chi connectivity index (χ3n) is 3.78. The number of nitrogens with zero attached hydrogens (tertiary/aromatic N) is 3. The van der Waals surface area contributed by atoms with E-state index < -0.39 is 5.92 Å². The quantitative estimate of drug-likeness (QED) is 0.903. The average molecular weight is 365 g/mol. The molecule has 0 aliphatic carbocycles. The first kappa shape index (κ1) is 16.9. The summed E-state index contributed by atoms with van der Waals surface area (Å²) >= 11 is 7.33. The number of aromatic nitrogens is 2. The first-order chi connectivity index (χ1) is 11.4. The second-order valence-electron chi connectivity index (χ2n) is 5.97. The van der Waals surface area contributed by atoms with Crippen molar-refractivity contribution >= 4 is 45.6 Å². The molecule has 1 aromatic heterocycles. The average Bonchev–Trinajstić information content (AvgIpc) is 3.14. The van der Waals surface area contributed by atoms with E-state index >= 15 is 0 Å². The van der Waals surface area contributed by atoms with Gasteiger partial charge in [0.2, 0.25) is 16.9 Å². The molecular formula is C16H17ClN4O2S. The summed E-state index contributed by atoms with van der Waals surface area (Å²) < 4.78 is 0. The van der Waals surface area contributed by atoms with Crippen LogP contribution in [-0.2, 0) is 9.59 Å². The van der Waals surface area contributed by atoms with Gasteiger partial charge in [-0.1, -0.05) is 42.9 Å². The molecule has 1 atom stereocenters. The second-order valence-corrected chi connectivity index (χ2v) is 7.42. The Morgan fingerprint density at radius 3 is 2.88 bits per heavy atom. The maximum absolute atomic E-state index is 12.4. The third-order valence-corrected chi connectivity index (χ3v) is 5.15. The Kier molecular flexibility index (Phi) is 4.82. The third kappa shape index (κ3) is 3.57. The summed E-state index contributed by atoms with van der Waals surface area (Å²) in [6, 6.07) is 7.06. The van der Waals surface area contributed by atoms with Gasteiger partial charge in [-0.25, -0.2) is 0 Å². The second kappa shape index (κ2) is 6.86. The molecule has 2 amide bonds. The van der Waals surface area contributed by atoms with Crippen molar-refractivity contribution in [3.8, 4) is 0 Å². The molecule has 1 unspecified atom stereocenters. The maximum atomic E-state index is 12.4. The summed E-state index contributed by atoms with van der Waals surface area (Å²) in [4.78, 5) is 26.2. The zero-order valence-electron chi connectivity index (χ0n) is 13.3. The lowest BCUT2D eigenvalue weighted by atomic mass is 10.1. The zero-order chi connectivity index (χ0) is 17.3. The zero-order valence-corrected chi connectivity index (χ0v) is 14.9. The first-order valence-electron chi connectivity index (χ1n) is 7.64. The summed E-state index contributed by atoms with van der Waals surface area (Å²) in [5, 5.41) is 12.7. The van der Waals surface area contributed by atoms with Crippen LogP contribution in [0.2, 0.25) is 5.02 Å². The molecule has 0 spiro atoms. The predicted molar refractivity (Wildman–Crippen MR) is 94.5 cm³/mol. The van der Waals surface area contributed by atoms with E-state index in [0.29, 0.717) is 22.4 Å². The number of hydrogen-bond acceptors (Lipinski definition) is 5. The van der Waals surface area contributed by atoms with Crippen LogP contribution in [0.5, 0.6) is 0 Å². The van der Waals surface area contributed by atoms with Crippen molar-refractivity contribution in [1.29, 1.82) is 0 Å². The Balaban J connectivity index is 1.67. The van der Waals surface area contributed by atoms with Crippen molar-refractivity contribution in [2.75, 3.05) is 16.8 Å². The van der Waals surface area contributed by atoms with Crippen LogP contribution in [0.4, 0.5) is 10.8 Å². The smallest absolute Gasteiger partial charge is 0.231 e. The molecule has 1 aromatic carbocycles. The van der Waals surface area contributed by atoms with Crippen molar-refractivity contribution in [1.82, 2.24) is 10.2 Å². The van der Waals surface area contributed by atoms with Crippen LogP contribution in [0.1, 0.15) is 31.2 Å². The highest BCUT2D eigenvalue weighted by molar-refractivity contribution is 7.15. The molecule has 8 heteroatoms. The molecule has 1 aliphatic heterocycles. The van der Waals surface area contributed by atoms with Crippen molar-refractivity contribution < 1.29 is 9.59 Å². The van der Waals surface area contributed by atoms with E-state index in [2.05, 4.69) is 15.5 Å². The topological polar surface area (TPSA) is 75.2 Å². The molecule has 126 valence electrons. The van der Waals surface area contributed by atoms with Gasteiger partial charge in [-0.2, -0.15) is 0 Å². The number of carbonyl (C=O) groups is 2. The summed E-state index contributed by atoms with van der Waals surface area (Å²) in [5.74, 6) is -0.445. The number of hydrogen-bond donors (Lipinski definition) is 1. The Morgan fingerprint density at radius 1 is 1.42 bits per heavy atom. The fourth-order valence-corrected chi connectivity index (χ4v) is 3.44. The van der Waals surface area contributed by atoms with Crippen LogP contribution in [0.3, 0.4) is 0 Å². The largest absolute Gasteiger partial charge is 0.312 e. The molecule has 1 saturated heterocycles. The van der Waals surface area contributed by atoms with Gasteiger partial charge in [-0.05, 0) is 18.2 Å². The number of carbonyl (C=O) groups excluding carboxylic acids is 2. The molecule has 1 N–H and O–H groups in total. The SMILES string of the molecule is CC(C)c1nnc(NC(=O)C2CC(=O)N(c3cccc(Cl)c3)C2)s1. The van der Waals surface area contributed by atoms with E-state index in [1.54, 1.807) is 23.1 Å². The van der Waals surface area contributed by atoms with Crippen molar-refractivity contribution in [3.63, 3.8) is 0 Å². The minimum Gasteiger partial charge on any atom is -0.312 e. The van der Waals surface area contributed by atoms with E-state index in [4.69, 9.17) is 11.6 Å². The van der Waals surface area contributed by atoms with Crippen molar-refractivity contribution in [2.24, 2.45) is 5.92 Å². The van der Waals surface area contributed by atoms with Gasteiger partial charge < -0.3 is 10.2 Å². The van der Waals surface area contributed by atoms with Crippen LogP contribution in [0.15, 0.2) is 24.3 Å². The molecule has 0 radical (unpaired) electrons. The summed E-state index contributed by atoms with van der Waals surface area (Å²) in [6.07, 6.45) is 0.175.